The summed E-state index contributed by atoms with van der Waals surface area (Å²) in [6.45, 7) is 3.39. The van der Waals surface area contributed by atoms with Crippen molar-refractivity contribution in [1.29, 1.82) is 0 Å². The molecule has 7 nitrogen and oxygen atoms in total. The van der Waals surface area contributed by atoms with Crippen LogP contribution >= 0.6 is 0 Å². The number of aromatic amines is 1. The lowest BCUT2D eigenvalue weighted by Crippen LogP contribution is -2.39. The number of likely N-dealkylation sites (tertiary alicyclic amines) is 1. The van der Waals surface area contributed by atoms with Gasteiger partial charge in [0.25, 0.3) is 5.91 Å². The molecule has 2 aliphatic rings. The molecule has 4 rings (SSSR count). The predicted octanol–water partition coefficient (Wildman–Crippen LogP) is 2.30. The number of ether oxygens (including phenoxy) is 2. The van der Waals surface area contributed by atoms with Gasteiger partial charge >= 0.3 is 0 Å². The average molecular weight is 356 g/mol. The Morgan fingerprint density at radius 3 is 2.62 bits per heavy atom. The SMILES string of the molecule is COc1ccc(OCC(=O)N2CC(c3n[nH]c(C)n3)C3(CCC3)C2)cc1. The number of nitrogens with one attached hydrogen (secondary N) is 1. The minimum Gasteiger partial charge on any atom is -0.497 e. The Balaban J connectivity index is 1.40. The van der Waals surface area contributed by atoms with E-state index >= 15 is 0 Å². The van der Waals surface area contributed by atoms with E-state index in [4.69, 9.17) is 9.47 Å². The van der Waals surface area contributed by atoms with E-state index in [-0.39, 0.29) is 23.8 Å². The van der Waals surface area contributed by atoms with Crippen molar-refractivity contribution in [1.82, 2.24) is 20.1 Å². The van der Waals surface area contributed by atoms with E-state index in [2.05, 4.69) is 15.2 Å². The fourth-order valence-electron chi connectivity index (χ4n) is 4.08. The number of nitrogens with zero attached hydrogens (tertiary/aromatic N) is 3. The summed E-state index contributed by atoms with van der Waals surface area (Å²) < 4.78 is 10.8. The van der Waals surface area contributed by atoms with E-state index in [1.807, 2.05) is 36.1 Å². The van der Waals surface area contributed by atoms with Crippen LogP contribution in [0.1, 0.15) is 36.8 Å². The Labute approximate surface area is 152 Å². The van der Waals surface area contributed by atoms with Gasteiger partial charge in [-0.1, -0.05) is 6.42 Å². The van der Waals surface area contributed by atoms with Gasteiger partial charge in [-0.05, 0) is 49.4 Å². The third kappa shape index (κ3) is 3.02. The summed E-state index contributed by atoms with van der Waals surface area (Å²) in [5.74, 6) is 3.32. The molecule has 1 N–H and O–H groups in total. The smallest absolute Gasteiger partial charge is 0.260 e. The van der Waals surface area contributed by atoms with E-state index in [9.17, 15) is 4.79 Å². The number of hydrogen-bond donors (Lipinski definition) is 1. The largest absolute Gasteiger partial charge is 0.497 e. The fraction of sp³-hybridized carbons (Fsp3) is 0.526. The molecule has 1 aromatic heterocycles. The van der Waals surface area contributed by atoms with Gasteiger partial charge in [0, 0.05) is 19.0 Å². The lowest BCUT2D eigenvalue weighted by atomic mass is 9.62. The highest BCUT2D eigenvalue weighted by atomic mass is 16.5. The number of carbonyl (C=O) groups is 1. The molecule has 1 spiro atoms. The molecule has 26 heavy (non-hydrogen) atoms. The van der Waals surface area contributed by atoms with Gasteiger partial charge in [0.1, 0.15) is 17.3 Å². The molecule has 1 saturated carbocycles. The van der Waals surface area contributed by atoms with Gasteiger partial charge in [-0.25, -0.2) is 4.98 Å². The normalized spacial score (nSPS) is 20.8. The molecule has 1 amide bonds. The van der Waals surface area contributed by atoms with E-state index in [1.54, 1.807) is 7.11 Å². The highest BCUT2D eigenvalue weighted by Crippen LogP contribution is 2.55. The lowest BCUT2D eigenvalue weighted by molar-refractivity contribution is -0.133. The van der Waals surface area contributed by atoms with Crippen LogP contribution in [0.2, 0.25) is 0 Å². The summed E-state index contributed by atoms with van der Waals surface area (Å²) in [6.07, 6.45) is 3.48. The Bertz CT molecular complexity index is 782. The molecule has 7 heteroatoms. The molecule has 2 fully saturated rings. The van der Waals surface area contributed by atoms with Crippen molar-refractivity contribution >= 4 is 5.91 Å². The number of aryl methyl sites for hydroxylation is 1. The Morgan fingerprint density at radius 1 is 1.31 bits per heavy atom. The van der Waals surface area contributed by atoms with E-state index in [0.717, 1.165) is 36.8 Å². The van der Waals surface area contributed by atoms with Crippen LogP contribution in [0, 0.1) is 12.3 Å². The van der Waals surface area contributed by atoms with Crippen molar-refractivity contribution in [3.63, 3.8) is 0 Å². The molecule has 0 radical (unpaired) electrons. The second-order valence-corrected chi connectivity index (χ2v) is 7.29. The molecule has 2 aromatic rings. The zero-order valence-electron chi connectivity index (χ0n) is 15.2. The van der Waals surface area contributed by atoms with Crippen molar-refractivity contribution in [3.8, 4) is 11.5 Å². The number of carbonyl (C=O) groups excluding carboxylic acids is 1. The van der Waals surface area contributed by atoms with Crippen molar-refractivity contribution in [2.45, 2.75) is 32.1 Å². The minimum absolute atomic E-state index is 0.0156. The van der Waals surface area contributed by atoms with Gasteiger partial charge in [-0.3, -0.25) is 9.89 Å². The summed E-state index contributed by atoms with van der Waals surface area (Å²) in [6, 6.07) is 7.26. The van der Waals surface area contributed by atoms with Crippen LogP contribution in [0.15, 0.2) is 24.3 Å². The first-order valence-electron chi connectivity index (χ1n) is 9.03. The molecule has 1 unspecified atom stereocenters. The molecule has 1 saturated heterocycles. The van der Waals surface area contributed by atoms with Crippen molar-refractivity contribution < 1.29 is 14.3 Å². The number of benzene rings is 1. The first-order chi connectivity index (χ1) is 12.6. The fourth-order valence-corrected chi connectivity index (χ4v) is 4.08. The molecule has 1 aliphatic heterocycles. The first-order valence-corrected chi connectivity index (χ1v) is 9.03. The van der Waals surface area contributed by atoms with Crippen LogP contribution in [0.5, 0.6) is 11.5 Å². The zero-order chi connectivity index (χ0) is 18.1. The van der Waals surface area contributed by atoms with Crippen molar-refractivity contribution in [2.75, 3.05) is 26.8 Å². The quantitative estimate of drug-likeness (QED) is 0.889. The third-order valence-corrected chi connectivity index (χ3v) is 5.70. The summed E-state index contributed by atoms with van der Waals surface area (Å²) in [4.78, 5) is 19.1. The summed E-state index contributed by atoms with van der Waals surface area (Å²) in [5, 5.41) is 7.29. The molecule has 1 atom stereocenters. The van der Waals surface area contributed by atoms with Crippen LogP contribution in [0.4, 0.5) is 0 Å². The molecule has 2 heterocycles. The number of aromatic nitrogens is 3. The zero-order valence-corrected chi connectivity index (χ0v) is 15.2. The maximum atomic E-state index is 12.7. The monoisotopic (exact) mass is 356 g/mol. The van der Waals surface area contributed by atoms with Gasteiger partial charge in [-0.15, -0.1) is 0 Å². The van der Waals surface area contributed by atoms with Gasteiger partial charge in [0.2, 0.25) is 0 Å². The van der Waals surface area contributed by atoms with Gasteiger partial charge in [-0.2, -0.15) is 5.10 Å². The molecular weight excluding hydrogens is 332 g/mol. The van der Waals surface area contributed by atoms with E-state index in [0.29, 0.717) is 12.3 Å². The Hall–Kier alpha value is -2.57. The number of rotatable bonds is 5. The Kier molecular flexibility index (Phi) is 4.30. The maximum absolute atomic E-state index is 12.7. The number of amides is 1. The first kappa shape index (κ1) is 16.9. The van der Waals surface area contributed by atoms with Crippen molar-refractivity contribution in [2.24, 2.45) is 5.41 Å². The van der Waals surface area contributed by atoms with Crippen LogP contribution in [-0.4, -0.2) is 52.8 Å². The van der Waals surface area contributed by atoms with Crippen LogP contribution in [0.3, 0.4) is 0 Å². The summed E-state index contributed by atoms with van der Waals surface area (Å²) >= 11 is 0. The predicted molar refractivity (Wildman–Crippen MR) is 95.2 cm³/mol. The second kappa shape index (κ2) is 6.63. The Morgan fingerprint density at radius 2 is 2.04 bits per heavy atom. The van der Waals surface area contributed by atoms with Crippen LogP contribution in [0.25, 0.3) is 0 Å². The van der Waals surface area contributed by atoms with Gasteiger partial charge < -0.3 is 14.4 Å². The van der Waals surface area contributed by atoms with Crippen molar-refractivity contribution in [3.05, 3.63) is 35.9 Å². The highest BCUT2D eigenvalue weighted by molar-refractivity contribution is 5.78. The number of H-pyrrole nitrogens is 1. The topological polar surface area (TPSA) is 80.3 Å². The van der Waals surface area contributed by atoms with Crippen LogP contribution < -0.4 is 9.47 Å². The number of hydrogen-bond acceptors (Lipinski definition) is 5. The molecule has 138 valence electrons. The molecule has 1 aliphatic carbocycles. The average Bonchev–Trinajstić information content (AvgIpc) is 3.23. The number of methoxy groups -OCH3 is 1. The summed E-state index contributed by atoms with van der Waals surface area (Å²) in [7, 11) is 1.62. The third-order valence-electron chi connectivity index (χ3n) is 5.70. The van der Waals surface area contributed by atoms with Crippen LogP contribution in [-0.2, 0) is 4.79 Å². The highest BCUT2D eigenvalue weighted by Gasteiger charge is 2.53. The minimum atomic E-state index is 0.0156. The lowest BCUT2D eigenvalue weighted by Gasteiger charge is -2.41. The second-order valence-electron chi connectivity index (χ2n) is 7.29. The van der Waals surface area contributed by atoms with E-state index in [1.165, 1.54) is 6.42 Å². The molecular formula is C19H24N4O3. The standard InChI is InChI=1S/C19H24N4O3/c1-13-20-18(22-21-13)16-10-23(12-19(16)8-3-9-19)17(24)11-26-15-6-4-14(25-2)5-7-15/h4-7,16H,3,8-12H2,1-2H3,(H,20,21,22). The maximum Gasteiger partial charge on any atom is 0.260 e. The van der Waals surface area contributed by atoms with Gasteiger partial charge in [0.15, 0.2) is 12.4 Å². The summed E-state index contributed by atoms with van der Waals surface area (Å²) in [5.41, 5.74) is 0.143. The van der Waals surface area contributed by atoms with Gasteiger partial charge in [0.05, 0.1) is 7.11 Å². The molecule has 1 aromatic carbocycles. The molecule has 0 bridgehead atoms. The van der Waals surface area contributed by atoms with E-state index < -0.39 is 0 Å².